The van der Waals surface area contributed by atoms with Crippen molar-refractivity contribution in [2.75, 3.05) is 13.7 Å². The molecule has 3 heteroatoms. The lowest BCUT2D eigenvalue weighted by Gasteiger charge is -2.24. The van der Waals surface area contributed by atoms with Crippen LogP contribution in [-0.4, -0.2) is 13.7 Å². The van der Waals surface area contributed by atoms with E-state index in [4.69, 9.17) is 4.74 Å². The number of halogens is 1. The quantitative estimate of drug-likeness (QED) is 0.840. The molecule has 0 aromatic heterocycles. The molecule has 2 nitrogen and oxygen atoms in total. The molecule has 2 rings (SSSR count). The molecule has 0 aliphatic rings. The summed E-state index contributed by atoms with van der Waals surface area (Å²) in [6, 6.07) is 12.9. The molecular weight excluding hydrogens is 326 g/mol. The summed E-state index contributed by atoms with van der Waals surface area (Å²) < 4.78 is 6.72. The highest BCUT2D eigenvalue weighted by molar-refractivity contribution is 9.10. The van der Waals surface area contributed by atoms with Gasteiger partial charge in [0, 0.05) is 10.0 Å². The number of ether oxygens (including phenoxy) is 1. The Bertz CT molecular complexity index is 607. The molecule has 1 atom stereocenters. The van der Waals surface area contributed by atoms with Crippen LogP contribution in [0.1, 0.15) is 35.2 Å². The van der Waals surface area contributed by atoms with Crippen molar-refractivity contribution in [2.45, 2.75) is 26.8 Å². The summed E-state index contributed by atoms with van der Waals surface area (Å²) >= 11 is 3.50. The average molecular weight is 348 g/mol. The SMILES string of the molecule is CCNC(c1ccc(Br)cc1)c1c(C)cc(C)cc1OC. The molecule has 2 aromatic carbocycles. The largest absolute Gasteiger partial charge is 0.496 e. The number of methoxy groups -OCH3 is 1. The van der Waals surface area contributed by atoms with Crippen LogP contribution in [-0.2, 0) is 0 Å². The van der Waals surface area contributed by atoms with Crippen LogP contribution < -0.4 is 10.1 Å². The van der Waals surface area contributed by atoms with Gasteiger partial charge in [-0.25, -0.2) is 0 Å². The predicted molar refractivity (Wildman–Crippen MR) is 92.1 cm³/mol. The van der Waals surface area contributed by atoms with E-state index in [0.717, 1.165) is 16.8 Å². The minimum absolute atomic E-state index is 0.138. The van der Waals surface area contributed by atoms with E-state index in [-0.39, 0.29) is 6.04 Å². The van der Waals surface area contributed by atoms with Gasteiger partial charge in [-0.15, -0.1) is 0 Å². The molecule has 0 saturated carbocycles. The van der Waals surface area contributed by atoms with Crippen LogP contribution in [0, 0.1) is 13.8 Å². The van der Waals surface area contributed by atoms with Crippen molar-refractivity contribution in [3.8, 4) is 5.75 Å². The zero-order valence-electron chi connectivity index (χ0n) is 13.0. The highest BCUT2D eigenvalue weighted by Gasteiger charge is 2.20. The fourth-order valence-corrected chi connectivity index (χ4v) is 2.99. The highest BCUT2D eigenvalue weighted by Crippen LogP contribution is 2.34. The van der Waals surface area contributed by atoms with Crippen molar-refractivity contribution in [3.05, 3.63) is 63.1 Å². The van der Waals surface area contributed by atoms with Gasteiger partial charge < -0.3 is 10.1 Å². The molecule has 0 amide bonds. The van der Waals surface area contributed by atoms with Gasteiger partial charge in [-0.2, -0.15) is 0 Å². The average Bonchev–Trinajstić information content (AvgIpc) is 2.46. The Kier molecular flexibility index (Phi) is 5.43. The lowest BCUT2D eigenvalue weighted by atomic mass is 9.92. The molecule has 112 valence electrons. The number of nitrogens with one attached hydrogen (secondary N) is 1. The van der Waals surface area contributed by atoms with E-state index in [0.29, 0.717) is 0 Å². The van der Waals surface area contributed by atoms with Crippen molar-refractivity contribution in [2.24, 2.45) is 0 Å². The monoisotopic (exact) mass is 347 g/mol. The molecule has 0 radical (unpaired) electrons. The van der Waals surface area contributed by atoms with Crippen LogP contribution in [0.4, 0.5) is 0 Å². The minimum Gasteiger partial charge on any atom is -0.496 e. The molecule has 2 aromatic rings. The molecule has 0 aliphatic heterocycles. The standard InChI is InChI=1S/C18H22BrNO/c1-5-20-18(14-6-8-15(19)9-7-14)17-13(3)10-12(2)11-16(17)21-4/h6-11,18,20H,5H2,1-4H3. The lowest BCUT2D eigenvalue weighted by molar-refractivity contribution is 0.403. The molecule has 0 saturated heterocycles. The third-order valence-electron chi connectivity index (χ3n) is 3.61. The van der Waals surface area contributed by atoms with Crippen LogP contribution in [0.3, 0.4) is 0 Å². The van der Waals surface area contributed by atoms with Crippen LogP contribution in [0.5, 0.6) is 5.75 Å². The van der Waals surface area contributed by atoms with E-state index >= 15 is 0 Å². The summed E-state index contributed by atoms with van der Waals surface area (Å²) in [5, 5.41) is 3.57. The maximum Gasteiger partial charge on any atom is 0.124 e. The zero-order chi connectivity index (χ0) is 15.4. The first-order chi connectivity index (χ1) is 10.1. The van der Waals surface area contributed by atoms with E-state index in [1.54, 1.807) is 7.11 Å². The molecule has 0 aliphatic carbocycles. The second-order valence-electron chi connectivity index (χ2n) is 5.24. The Labute approximate surface area is 135 Å². The smallest absolute Gasteiger partial charge is 0.124 e. The topological polar surface area (TPSA) is 21.3 Å². The number of hydrogen-bond donors (Lipinski definition) is 1. The predicted octanol–water partition coefficient (Wildman–Crippen LogP) is 4.77. The van der Waals surface area contributed by atoms with E-state index < -0.39 is 0 Å². The minimum atomic E-state index is 0.138. The number of aryl methyl sites for hydroxylation is 2. The molecule has 21 heavy (non-hydrogen) atoms. The fourth-order valence-electron chi connectivity index (χ4n) is 2.72. The molecule has 0 fully saturated rings. The highest BCUT2D eigenvalue weighted by atomic mass is 79.9. The van der Waals surface area contributed by atoms with Gasteiger partial charge >= 0.3 is 0 Å². The van der Waals surface area contributed by atoms with Crippen molar-refractivity contribution >= 4 is 15.9 Å². The Balaban J connectivity index is 2.55. The van der Waals surface area contributed by atoms with Crippen molar-refractivity contribution < 1.29 is 4.74 Å². The first-order valence-electron chi connectivity index (χ1n) is 7.20. The first-order valence-corrected chi connectivity index (χ1v) is 8.00. The van der Waals surface area contributed by atoms with Crippen LogP contribution in [0.15, 0.2) is 40.9 Å². The number of rotatable bonds is 5. The summed E-state index contributed by atoms with van der Waals surface area (Å²) in [5.41, 5.74) is 4.93. The maximum atomic E-state index is 5.63. The normalized spacial score (nSPS) is 12.2. The third-order valence-corrected chi connectivity index (χ3v) is 4.14. The summed E-state index contributed by atoms with van der Waals surface area (Å²) in [4.78, 5) is 0. The van der Waals surface area contributed by atoms with Gasteiger partial charge in [0.2, 0.25) is 0 Å². The lowest BCUT2D eigenvalue weighted by Crippen LogP contribution is -2.23. The van der Waals surface area contributed by atoms with Gasteiger partial charge in [0.1, 0.15) is 5.75 Å². The molecule has 0 bridgehead atoms. The zero-order valence-corrected chi connectivity index (χ0v) is 14.6. The Morgan fingerprint density at radius 1 is 1.14 bits per heavy atom. The molecule has 0 heterocycles. The van der Waals surface area contributed by atoms with Crippen molar-refractivity contribution in [3.63, 3.8) is 0 Å². The maximum absolute atomic E-state index is 5.63. The Morgan fingerprint density at radius 3 is 2.38 bits per heavy atom. The van der Waals surface area contributed by atoms with Crippen LogP contribution in [0.25, 0.3) is 0 Å². The van der Waals surface area contributed by atoms with Gasteiger partial charge in [-0.1, -0.05) is 41.1 Å². The fraction of sp³-hybridized carbons (Fsp3) is 0.333. The second-order valence-corrected chi connectivity index (χ2v) is 6.16. The van der Waals surface area contributed by atoms with E-state index in [9.17, 15) is 0 Å². The van der Waals surface area contributed by atoms with E-state index in [1.807, 2.05) is 0 Å². The summed E-state index contributed by atoms with van der Waals surface area (Å²) in [6.45, 7) is 7.27. The molecule has 1 N–H and O–H groups in total. The van der Waals surface area contributed by atoms with E-state index in [2.05, 4.69) is 78.4 Å². The van der Waals surface area contributed by atoms with Gasteiger partial charge in [-0.3, -0.25) is 0 Å². The molecule has 0 spiro atoms. The van der Waals surface area contributed by atoms with Gasteiger partial charge in [0.05, 0.1) is 13.2 Å². The van der Waals surface area contributed by atoms with Crippen molar-refractivity contribution in [1.82, 2.24) is 5.32 Å². The van der Waals surface area contributed by atoms with Gasteiger partial charge in [-0.05, 0) is 55.3 Å². The van der Waals surface area contributed by atoms with Gasteiger partial charge in [0.15, 0.2) is 0 Å². The Morgan fingerprint density at radius 2 is 1.81 bits per heavy atom. The van der Waals surface area contributed by atoms with Crippen molar-refractivity contribution in [1.29, 1.82) is 0 Å². The first kappa shape index (κ1) is 16.1. The number of benzene rings is 2. The molecule has 1 unspecified atom stereocenters. The van der Waals surface area contributed by atoms with E-state index in [1.165, 1.54) is 22.3 Å². The summed E-state index contributed by atoms with van der Waals surface area (Å²) in [6.07, 6.45) is 0. The number of hydrogen-bond acceptors (Lipinski definition) is 2. The summed E-state index contributed by atoms with van der Waals surface area (Å²) in [5.74, 6) is 0.946. The van der Waals surface area contributed by atoms with Gasteiger partial charge in [0.25, 0.3) is 0 Å². The van der Waals surface area contributed by atoms with Crippen LogP contribution in [0.2, 0.25) is 0 Å². The summed E-state index contributed by atoms with van der Waals surface area (Å²) in [7, 11) is 1.74. The Hall–Kier alpha value is -1.32. The molecular formula is C18H22BrNO. The second kappa shape index (κ2) is 7.10. The van der Waals surface area contributed by atoms with Crippen LogP contribution >= 0.6 is 15.9 Å². The third kappa shape index (κ3) is 3.66.